The number of fused-ring (bicyclic) bond motifs is 1. The molecule has 5 nitrogen and oxygen atoms in total. The van der Waals surface area contributed by atoms with Gasteiger partial charge < -0.3 is 10.0 Å². The number of thioether (sulfide) groups is 1. The molecule has 1 aromatic rings. The van der Waals surface area contributed by atoms with Crippen LogP contribution in [0.4, 0.5) is 5.69 Å². The number of carboxylic acids is 1. The van der Waals surface area contributed by atoms with Crippen molar-refractivity contribution in [2.24, 2.45) is 0 Å². The van der Waals surface area contributed by atoms with Crippen molar-refractivity contribution in [3.05, 3.63) is 33.7 Å². The Morgan fingerprint density at radius 1 is 1.41 bits per heavy atom. The van der Waals surface area contributed by atoms with Crippen molar-refractivity contribution in [2.75, 3.05) is 11.4 Å². The quantitative estimate of drug-likeness (QED) is 0.546. The van der Waals surface area contributed by atoms with E-state index >= 15 is 0 Å². The van der Waals surface area contributed by atoms with Crippen molar-refractivity contribution >= 4 is 51.9 Å². The number of aryl methyl sites for hydroxylation is 1. The van der Waals surface area contributed by atoms with Gasteiger partial charge in [-0.05, 0) is 81.9 Å². The Morgan fingerprint density at radius 2 is 2.07 bits per heavy atom. The molecule has 1 fully saturated rings. The molecule has 1 amide bonds. The van der Waals surface area contributed by atoms with E-state index in [4.69, 9.17) is 17.3 Å². The van der Waals surface area contributed by atoms with Crippen LogP contribution in [0.15, 0.2) is 17.0 Å². The summed E-state index contributed by atoms with van der Waals surface area (Å²) in [6, 6.07) is 4.79. The molecule has 0 bridgehead atoms. The lowest BCUT2D eigenvalue weighted by molar-refractivity contribution is -0.140. The highest BCUT2D eigenvalue weighted by atomic mass is 32.2. The second-order valence-electron chi connectivity index (χ2n) is 8.81. The Kier molecular flexibility index (Phi) is 5.84. The Hall–Kier alpha value is -1.86. The lowest BCUT2D eigenvalue weighted by Gasteiger charge is -2.50. The number of hydrogen-bond acceptors (Lipinski definition) is 5. The zero-order valence-electron chi connectivity index (χ0n) is 17.8. The second kappa shape index (κ2) is 7.76. The highest BCUT2D eigenvalue weighted by molar-refractivity contribution is 8.26. The predicted molar refractivity (Wildman–Crippen MR) is 123 cm³/mol. The summed E-state index contributed by atoms with van der Waals surface area (Å²) in [4.78, 5) is 27.8. The van der Waals surface area contributed by atoms with Gasteiger partial charge in [0.1, 0.15) is 10.9 Å². The van der Waals surface area contributed by atoms with E-state index in [0.717, 1.165) is 22.4 Å². The van der Waals surface area contributed by atoms with Gasteiger partial charge in [-0.2, -0.15) is 0 Å². The average molecular weight is 433 g/mol. The van der Waals surface area contributed by atoms with E-state index in [-0.39, 0.29) is 11.4 Å². The lowest BCUT2D eigenvalue weighted by Crippen LogP contribution is -2.51. The third-order valence-corrected chi connectivity index (χ3v) is 7.01. The molecule has 3 rings (SSSR count). The number of carbonyl (C=O) groups is 2. The lowest BCUT2D eigenvalue weighted by atomic mass is 9.78. The molecule has 29 heavy (non-hydrogen) atoms. The van der Waals surface area contributed by atoms with Crippen LogP contribution >= 0.6 is 24.0 Å². The van der Waals surface area contributed by atoms with Crippen LogP contribution in [0, 0.1) is 6.92 Å². The summed E-state index contributed by atoms with van der Waals surface area (Å²) in [6.45, 7) is 12.9. The molecular formula is C22H28N2O3S2. The van der Waals surface area contributed by atoms with E-state index in [1.54, 1.807) is 0 Å². The predicted octanol–water partition coefficient (Wildman–Crippen LogP) is 4.78. The number of carbonyl (C=O) groups excluding carboxylic acids is 1. The van der Waals surface area contributed by atoms with E-state index in [9.17, 15) is 9.59 Å². The molecule has 0 aromatic heterocycles. The van der Waals surface area contributed by atoms with E-state index in [2.05, 4.69) is 58.6 Å². The van der Waals surface area contributed by atoms with Gasteiger partial charge in [-0.15, -0.1) is 0 Å². The maximum Gasteiger partial charge on any atom is 0.323 e. The molecule has 0 unspecified atom stereocenters. The Morgan fingerprint density at radius 3 is 2.66 bits per heavy atom. The molecule has 2 aliphatic rings. The van der Waals surface area contributed by atoms with Crippen molar-refractivity contribution in [1.29, 1.82) is 0 Å². The van der Waals surface area contributed by atoms with Crippen molar-refractivity contribution < 1.29 is 14.7 Å². The number of thiocarbonyl (C=S) groups is 1. The molecule has 1 atom stereocenters. The molecule has 1 saturated heterocycles. The summed E-state index contributed by atoms with van der Waals surface area (Å²) in [5, 5.41) is 9.02. The average Bonchev–Trinajstić information content (AvgIpc) is 2.82. The third kappa shape index (κ3) is 4.08. The number of nitrogens with zero attached hydrogens (tertiary/aromatic N) is 2. The highest BCUT2D eigenvalue weighted by Crippen LogP contribution is 2.46. The van der Waals surface area contributed by atoms with E-state index in [1.165, 1.54) is 23.0 Å². The highest BCUT2D eigenvalue weighted by Gasteiger charge is 2.38. The maximum absolute atomic E-state index is 12.6. The van der Waals surface area contributed by atoms with Gasteiger partial charge >= 0.3 is 5.97 Å². The van der Waals surface area contributed by atoms with Crippen LogP contribution in [0.2, 0.25) is 0 Å². The first kappa shape index (κ1) is 21.8. The number of amides is 1. The Bertz CT molecular complexity index is 921. The molecule has 2 heterocycles. The van der Waals surface area contributed by atoms with Gasteiger partial charge in [-0.25, -0.2) is 0 Å². The van der Waals surface area contributed by atoms with Gasteiger partial charge in [-0.1, -0.05) is 30.9 Å². The zero-order valence-corrected chi connectivity index (χ0v) is 19.4. The van der Waals surface area contributed by atoms with Crippen LogP contribution in [0.25, 0.3) is 6.08 Å². The van der Waals surface area contributed by atoms with Crippen molar-refractivity contribution in [1.82, 2.24) is 4.90 Å². The Balaban J connectivity index is 2.03. The molecular weight excluding hydrogens is 404 g/mol. The minimum atomic E-state index is -1.07. The summed E-state index contributed by atoms with van der Waals surface area (Å²) >= 11 is 6.37. The van der Waals surface area contributed by atoms with Gasteiger partial charge in [0.05, 0.1) is 4.91 Å². The van der Waals surface area contributed by atoms with Crippen LogP contribution in [0.5, 0.6) is 0 Å². The third-order valence-electron chi connectivity index (χ3n) is 5.63. The normalized spacial score (nSPS) is 22.6. The summed E-state index contributed by atoms with van der Waals surface area (Å²) in [5.74, 6) is -1.00. The van der Waals surface area contributed by atoms with E-state index in [0.29, 0.717) is 21.2 Å². The fraction of sp³-hybridized carbons (Fsp3) is 0.500. The van der Waals surface area contributed by atoms with E-state index < -0.39 is 12.5 Å². The summed E-state index contributed by atoms with van der Waals surface area (Å²) < 4.78 is 0.292. The minimum Gasteiger partial charge on any atom is -0.480 e. The topological polar surface area (TPSA) is 60.9 Å². The SMILES string of the molecule is Cc1cc2c(cc1/C=C1/SC(=S)N(CC(=O)O)C1=O)[C@H](C)CC(C)(C)N2C(C)C. The van der Waals surface area contributed by atoms with Crippen LogP contribution in [-0.4, -0.2) is 44.3 Å². The fourth-order valence-corrected chi connectivity index (χ4v) is 5.91. The summed E-state index contributed by atoms with van der Waals surface area (Å²) in [7, 11) is 0. The maximum atomic E-state index is 12.6. The number of rotatable bonds is 4. The molecule has 2 aliphatic heterocycles. The molecule has 156 valence electrons. The van der Waals surface area contributed by atoms with Gasteiger partial charge in [0.2, 0.25) is 0 Å². The van der Waals surface area contributed by atoms with Crippen molar-refractivity contribution in [3.8, 4) is 0 Å². The second-order valence-corrected chi connectivity index (χ2v) is 10.5. The van der Waals surface area contributed by atoms with Gasteiger partial charge in [0, 0.05) is 17.3 Å². The smallest absolute Gasteiger partial charge is 0.323 e. The van der Waals surface area contributed by atoms with Gasteiger partial charge in [0.25, 0.3) is 5.91 Å². The molecule has 7 heteroatoms. The number of aliphatic carboxylic acids is 1. The molecule has 1 N–H and O–H groups in total. The number of anilines is 1. The minimum absolute atomic E-state index is 0.0772. The van der Waals surface area contributed by atoms with Crippen LogP contribution < -0.4 is 4.90 Å². The Labute approximate surface area is 182 Å². The number of benzene rings is 1. The monoisotopic (exact) mass is 432 g/mol. The van der Waals surface area contributed by atoms with Crippen LogP contribution in [0.1, 0.15) is 63.6 Å². The summed E-state index contributed by atoms with van der Waals surface area (Å²) in [5.41, 5.74) is 4.69. The summed E-state index contributed by atoms with van der Waals surface area (Å²) in [6.07, 6.45) is 2.91. The van der Waals surface area contributed by atoms with Gasteiger partial charge in [-0.3, -0.25) is 14.5 Å². The number of hydrogen-bond donors (Lipinski definition) is 1. The van der Waals surface area contributed by atoms with Crippen LogP contribution in [-0.2, 0) is 9.59 Å². The van der Waals surface area contributed by atoms with Gasteiger partial charge in [0.15, 0.2) is 0 Å². The molecule has 1 aromatic carbocycles. The van der Waals surface area contributed by atoms with Crippen molar-refractivity contribution in [3.63, 3.8) is 0 Å². The molecule has 0 spiro atoms. The van der Waals surface area contributed by atoms with E-state index in [1.807, 2.05) is 6.08 Å². The number of carboxylic acid groups (broad SMARTS) is 1. The first-order valence-corrected chi connectivity index (χ1v) is 11.1. The largest absolute Gasteiger partial charge is 0.480 e. The first-order valence-electron chi connectivity index (χ1n) is 9.83. The molecule has 0 radical (unpaired) electrons. The zero-order chi connectivity index (χ0) is 21.7. The first-order chi connectivity index (χ1) is 13.4. The van der Waals surface area contributed by atoms with Crippen molar-refractivity contribution in [2.45, 2.75) is 65.5 Å². The van der Waals surface area contributed by atoms with Crippen LogP contribution in [0.3, 0.4) is 0 Å². The molecule has 0 saturated carbocycles. The molecule has 0 aliphatic carbocycles. The fourth-order valence-electron chi connectivity index (χ4n) is 4.66. The standard InChI is InChI=1S/C22H28N2O3S2/c1-12(2)24-17-7-13(3)15(8-16(17)14(4)10-22(24,5)6)9-18-20(27)23(11-19(25)26)21(28)29-18/h7-9,12,14H,10-11H2,1-6H3,(H,25,26)/b18-9+/t14-/m1/s1.